The highest BCUT2D eigenvalue weighted by Gasteiger charge is 2.14. The van der Waals surface area contributed by atoms with Crippen LogP contribution >= 0.6 is 15.9 Å². The first-order valence-corrected chi connectivity index (χ1v) is 7.68. The zero-order chi connectivity index (χ0) is 14.8. The summed E-state index contributed by atoms with van der Waals surface area (Å²) in [7, 11) is 2.10. The van der Waals surface area contributed by atoms with Crippen LogP contribution in [0.25, 0.3) is 5.65 Å². The Morgan fingerprint density at radius 1 is 1.24 bits per heavy atom. The SMILES string of the molecule is C[C@@H](c1ccccn1)N(C)Cc1cn2c(Br)cccc2n1. The Kier molecular flexibility index (Phi) is 4.03. The van der Waals surface area contributed by atoms with Crippen molar-refractivity contribution in [3.05, 3.63) is 64.8 Å². The molecule has 0 amide bonds. The molecular weight excluding hydrogens is 328 g/mol. The minimum Gasteiger partial charge on any atom is -0.294 e. The van der Waals surface area contributed by atoms with Crippen molar-refractivity contribution in [3.8, 4) is 0 Å². The van der Waals surface area contributed by atoms with Gasteiger partial charge < -0.3 is 0 Å². The van der Waals surface area contributed by atoms with Crippen molar-refractivity contribution in [1.29, 1.82) is 0 Å². The van der Waals surface area contributed by atoms with Crippen molar-refractivity contribution in [2.45, 2.75) is 19.5 Å². The summed E-state index contributed by atoms with van der Waals surface area (Å²) >= 11 is 3.54. The van der Waals surface area contributed by atoms with Crippen LogP contribution in [0.2, 0.25) is 0 Å². The molecule has 3 aromatic rings. The summed E-state index contributed by atoms with van der Waals surface area (Å²) in [4.78, 5) is 11.3. The molecule has 0 bridgehead atoms. The standard InChI is InChI=1S/C16H17BrN4/c1-12(14-6-3-4-9-18-14)20(2)10-13-11-21-15(17)7-5-8-16(21)19-13/h3-9,11-12H,10H2,1-2H3/t12-/m0/s1. The summed E-state index contributed by atoms with van der Waals surface area (Å²) in [6, 6.07) is 12.3. The molecule has 108 valence electrons. The molecule has 0 aliphatic heterocycles. The van der Waals surface area contributed by atoms with Crippen molar-refractivity contribution in [1.82, 2.24) is 19.3 Å². The van der Waals surface area contributed by atoms with E-state index in [1.54, 1.807) is 0 Å². The number of hydrogen-bond donors (Lipinski definition) is 0. The normalized spacial score (nSPS) is 13.0. The molecular formula is C16H17BrN4. The van der Waals surface area contributed by atoms with Crippen LogP contribution in [0.15, 0.2) is 53.4 Å². The lowest BCUT2D eigenvalue weighted by Gasteiger charge is -2.23. The lowest BCUT2D eigenvalue weighted by Crippen LogP contribution is -2.22. The fourth-order valence-corrected chi connectivity index (χ4v) is 2.78. The Balaban J connectivity index is 1.80. The Morgan fingerprint density at radius 3 is 2.81 bits per heavy atom. The summed E-state index contributed by atoms with van der Waals surface area (Å²) in [6.45, 7) is 2.94. The maximum absolute atomic E-state index is 4.66. The lowest BCUT2D eigenvalue weighted by molar-refractivity contribution is 0.246. The molecule has 3 aromatic heterocycles. The molecule has 3 rings (SSSR count). The van der Waals surface area contributed by atoms with Crippen molar-refractivity contribution >= 4 is 21.6 Å². The minimum absolute atomic E-state index is 0.249. The van der Waals surface area contributed by atoms with Gasteiger partial charge in [0.1, 0.15) is 5.65 Å². The van der Waals surface area contributed by atoms with Gasteiger partial charge in [0.05, 0.1) is 16.0 Å². The molecule has 0 unspecified atom stereocenters. The molecule has 0 radical (unpaired) electrons. The smallest absolute Gasteiger partial charge is 0.137 e. The van der Waals surface area contributed by atoms with Crippen molar-refractivity contribution in [3.63, 3.8) is 0 Å². The summed E-state index contributed by atoms with van der Waals surface area (Å²) < 4.78 is 3.06. The zero-order valence-corrected chi connectivity index (χ0v) is 13.7. The van der Waals surface area contributed by atoms with Gasteiger partial charge in [-0.25, -0.2) is 4.98 Å². The second kappa shape index (κ2) is 5.95. The van der Waals surface area contributed by atoms with Gasteiger partial charge in [0, 0.05) is 25.0 Å². The maximum atomic E-state index is 4.66. The molecule has 1 atom stereocenters. The zero-order valence-electron chi connectivity index (χ0n) is 12.1. The lowest BCUT2D eigenvalue weighted by atomic mass is 10.2. The fraction of sp³-hybridized carbons (Fsp3) is 0.250. The van der Waals surface area contributed by atoms with E-state index in [1.165, 1.54) is 0 Å². The third-order valence-corrected chi connectivity index (χ3v) is 4.33. The van der Waals surface area contributed by atoms with Crippen molar-refractivity contribution < 1.29 is 0 Å². The molecule has 3 heterocycles. The summed E-state index contributed by atoms with van der Waals surface area (Å²) in [5, 5.41) is 0. The summed E-state index contributed by atoms with van der Waals surface area (Å²) in [5.74, 6) is 0. The van der Waals surface area contributed by atoms with E-state index in [2.05, 4.69) is 61.4 Å². The van der Waals surface area contributed by atoms with Crippen LogP contribution < -0.4 is 0 Å². The number of aromatic nitrogens is 3. The average molecular weight is 345 g/mol. The van der Waals surface area contributed by atoms with Gasteiger partial charge in [-0.05, 0) is 54.2 Å². The highest BCUT2D eigenvalue weighted by atomic mass is 79.9. The minimum atomic E-state index is 0.249. The molecule has 0 aliphatic carbocycles. The van der Waals surface area contributed by atoms with Crippen LogP contribution in [0, 0.1) is 0 Å². The molecule has 21 heavy (non-hydrogen) atoms. The Morgan fingerprint density at radius 2 is 2.10 bits per heavy atom. The van der Waals surface area contributed by atoms with Gasteiger partial charge in [0.25, 0.3) is 0 Å². The van der Waals surface area contributed by atoms with Gasteiger partial charge in [-0.2, -0.15) is 0 Å². The number of fused-ring (bicyclic) bond motifs is 1. The number of imidazole rings is 1. The Hall–Kier alpha value is -1.72. The van der Waals surface area contributed by atoms with E-state index in [9.17, 15) is 0 Å². The molecule has 0 saturated carbocycles. The quantitative estimate of drug-likeness (QED) is 0.677. The number of rotatable bonds is 4. The van der Waals surface area contributed by atoms with Gasteiger partial charge in [0.15, 0.2) is 0 Å². The molecule has 0 aromatic carbocycles. The second-order valence-corrected chi connectivity index (χ2v) is 5.97. The monoisotopic (exact) mass is 344 g/mol. The Labute approximate surface area is 132 Å². The van der Waals surface area contributed by atoms with E-state index in [4.69, 9.17) is 0 Å². The molecule has 0 fully saturated rings. The van der Waals surface area contributed by atoms with E-state index < -0.39 is 0 Å². The topological polar surface area (TPSA) is 33.4 Å². The molecule has 0 N–H and O–H groups in total. The first kappa shape index (κ1) is 14.2. The highest BCUT2D eigenvalue weighted by Crippen LogP contribution is 2.20. The number of pyridine rings is 2. The molecule has 4 nitrogen and oxygen atoms in total. The van der Waals surface area contributed by atoms with Crippen LogP contribution in [0.3, 0.4) is 0 Å². The van der Waals surface area contributed by atoms with E-state index in [-0.39, 0.29) is 6.04 Å². The van der Waals surface area contributed by atoms with Gasteiger partial charge in [-0.3, -0.25) is 14.3 Å². The molecule has 0 saturated heterocycles. The Bertz CT molecular complexity index is 738. The van der Waals surface area contributed by atoms with Crippen molar-refractivity contribution in [2.24, 2.45) is 0 Å². The van der Waals surface area contributed by atoms with Gasteiger partial charge >= 0.3 is 0 Å². The third-order valence-electron chi connectivity index (χ3n) is 3.68. The number of halogens is 1. The predicted octanol–water partition coefficient (Wildman–Crippen LogP) is 3.68. The summed E-state index contributed by atoms with van der Waals surface area (Å²) in [5.41, 5.74) is 3.08. The van der Waals surface area contributed by atoms with Crippen LogP contribution in [0.4, 0.5) is 0 Å². The average Bonchev–Trinajstić information content (AvgIpc) is 2.91. The van der Waals surface area contributed by atoms with Gasteiger partial charge in [-0.1, -0.05) is 12.1 Å². The number of nitrogens with zero attached hydrogens (tertiary/aromatic N) is 4. The number of hydrogen-bond acceptors (Lipinski definition) is 3. The molecule has 5 heteroatoms. The highest BCUT2D eigenvalue weighted by molar-refractivity contribution is 9.10. The third kappa shape index (κ3) is 2.99. The fourth-order valence-electron chi connectivity index (χ4n) is 2.35. The van der Waals surface area contributed by atoms with Crippen LogP contribution in [0.1, 0.15) is 24.4 Å². The van der Waals surface area contributed by atoms with E-state index in [1.807, 2.05) is 36.5 Å². The predicted molar refractivity (Wildman–Crippen MR) is 87.0 cm³/mol. The van der Waals surface area contributed by atoms with Crippen LogP contribution in [-0.2, 0) is 6.54 Å². The van der Waals surface area contributed by atoms with Crippen LogP contribution in [0.5, 0.6) is 0 Å². The second-order valence-electron chi connectivity index (χ2n) is 5.15. The first-order chi connectivity index (χ1) is 10.1. The molecule has 0 spiro atoms. The first-order valence-electron chi connectivity index (χ1n) is 6.89. The van der Waals surface area contributed by atoms with Crippen LogP contribution in [-0.4, -0.2) is 26.3 Å². The van der Waals surface area contributed by atoms with E-state index in [0.717, 1.165) is 28.2 Å². The summed E-state index contributed by atoms with van der Waals surface area (Å²) in [6.07, 6.45) is 3.91. The van der Waals surface area contributed by atoms with Crippen molar-refractivity contribution in [2.75, 3.05) is 7.05 Å². The van der Waals surface area contributed by atoms with Gasteiger partial charge in [0.2, 0.25) is 0 Å². The molecule has 0 aliphatic rings. The van der Waals surface area contributed by atoms with Gasteiger partial charge in [-0.15, -0.1) is 0 Å². The maximum Gasteiger partial charge on any atom is 0.137 e. The van der Waals surface area contributed by atoms with E-state index in [0.29, 0.717) is 0 Å². The largest absolute Gasteiger partial charge is 0.294 e. The van der Waals surface area contributed by atoms with E-state index >= 15 is 0 Å².